The summed E-state index contributed by atoms with van der Waals surface area (Å²) in [6, 6.07) is 0. The third-order valence-corrected chi connectivity index (χ3v) is 2.39. The maximum atomic E-state index is 11.5. The van der Waals surface area contributed by atoms with Gasteiger partial charge in [0.1, 0.15) is 6.54 Å². The monoisotopic (exact) mass is 215 g/mol. The van der Waals surface area contributed by atoms with Crippen LogP contribution in [-0.2, 0) is 19.1 Å². The van der Waals surface area contributed by atoms with Gasteiger partial charge in [-0.25, -0.2) is 0 Å². The normalized spacial score (nSPS) is 23.1. The molecule has 1 fully saturated rings. The Hall–Kier alpha value is -1.59. The van der Waals surface area contributed by atoms with Crippen molar-refractivity contribution in [3.8, 4) is 0 Å². The van der Waals surface area contributed by atoms with Crippen LogP contribution in [0.1, 0.15) is 6.42 Å². The van der Waals surface area contributed by atoms with Crippen LogP contribution in [0.3, 0.4) is 0 Å². The lowest BCUT2D eigenvalue weighted by molar-refractivity contribution is -0.147. The molecule has 1 aliphatic rings. The third kappa shape index (κ3) is 2.68. The van der Waals surface area contributed by atoms with Crippen LogP contribution in [0.4, 0.5) is 0 Å². The zero-order valence-corrected chi connectivity index (χ0v) is 8.60. The van der Waals surface area contributed by atoms with E-state index >= 15 is 0 Å². The van der Waals surface area contributed by atoms with E-state index in [1.807, 2.05) is 0 Å². The fraction of sp³-hybridized carbons (Fsp3) is 0.667. The summed E-state index contributed by atoms with van der Waals surface area (Å²) in [5.41, 5.74) is 0. The van der Waals surface area contributed by atoms with Crippen LogP contribution in [0.2, 0.25) is 0 Å². The second kappa shape index (κ2) is 4.29. The quantitative estimate of drug-likeness (QED) is 0.629. The average molecular weight is 215 g/mol. The number of likely N-dealkylation sites (N-methyl/N-ethyl adjacent to an activating group) is 1. The van der Waals surface area contributed by atoms with Crippen LogP contribution in [-0.4, -0.2) is 48.6 Å². The first-order chi connectivity index (χ1) is 6.97. The van der Waals surface area contributed by atoms with Gasteiger partial charge in [-0.2, -0.15) is 0 Å². The van der Waals surface area contributed by atoms with E-state index in [0.717, 1.165) is 0 Å². The second-order valence-corrected chi connectivity index (χ2v) is 3.56. The molecule has 1 saturated carbocycles. The molecule has 1 rings (SSSR count). The fourth-order valence-electron chi connectivity index (χ4n) is 1.36. The van der Waals surface area contributed by atoms with Crippen molar-refractivity contribution in [1.29, 1.82) is 0 Å². The summed E-state index contributed by atoms with van der Waals surface area (Å²) in [7, 11) is 2.69. The zero-order chi connectivity index (χ0) is 11.6. The maximum absolute atomic E-state index is 11.5. The molecular formula is C9H13NO5. The van der Waals surface area contributed by atoms with Crippen LogP contribution >= 0.6 is 0 Å². The molecule has 0 saturated heterocycles. The summed E-state index contributed by atoms with van der Waals surface area (Å²) < 4.78 is 4.40. The minimum absolute atomic E-state index is 0.141. The van der Waals surface area contributed by atoms with Gasteiger partial charge < -0.3 is 14.7 Å². The molecule has 1 aliphatic carbocycles. The van der Waals surface area contributed by atoms with Crippen LogP contribution in [0.5, 0.6) is 0 Å². The molecule has 0 bridgehead atoms. The molecule has 0 spiro atoms. The molecule has 0 radical (unpaired) electrons. The van der Waals surface area contributed by atoms with E-state index in [4.69, 9.17) is 5.11 Å². The van der Waals surface area contributed by atoms with Crippen molar-refractivity contribution >= 4 is 17.8 Å². The van der Waals surface area contributed by atoms with Crippen molar-refractivity contribution in [1.82, 2.24) is 4.90 Å². The molecule has 15 heavy (non-hydrogen) atoms. The van der Waals surface area contributed by atoms with E-state index in [9.17, 15) is 14.4 Å². The number of nitrogens with zero attached hydrogens (tertiary/aromatic N) is 1. The topological polar surface area (TPSA) is 83.9 Å². The van der Waals surface area contributed by atoms with Crippen molar-refractivity contribution in [3.05, 3.63) is 0 Å². The number of esters is 1. The van der Waals surface area contributed by atoms with Gasteiger partial charge in [-0.05, 0) is 6.42 Å². The average Bonchev–Trinajstić information content (AvgIpc) is 2.95. The first-order valence-corrected chi connectivity index (χ1v) is 4.52. The number of hydrogen-bond donors (Lipinski definition) is 1. The van der Waals surface area contributed by atoms with Gasteiger partial charge in [-0.1, -0.05) is 0 Å². The van der Waals surface area contributed by atoms with Crippen LogP contribution < -0.4 is 0 Å². The Kier molecular flexibility index (Phi) is 3.28. The molecule has 0 aliphatic heterocycles. The number of rotatable bonds is 4. The van der Waals surface area contributed by atoms with Crippen LogP contribution in [0, 0.1) is 11.8 Å². The number of ether oxygens (including phenoxy) is 1. The number of carbonyl (C=O) groups excluding carboxylic acids is 2. The van der Waals surface area contributed by atoms with Gasteiger partial charge in [0, 0.05) is 7.05 Å². The Morgan fingerprint density at radius 3 is 2.40 bits per heavy atom. The minimum Gasteiger partial charge on any atom is -0.481 e. The highest BCUT2D eigenvalue weighted by atomic mass is 16.5. The lowest BCUT2D eigenvalue weighted by atomic mass is 10.3. The number of carboxylic acids is 1. The first kappa shape index (κ1) is 11.5. The highest BCUT2D eigenvalue weighted by molar-refractivity contribution is 5.91. The Morgan fingerprint density at radius 2 is 2.00 bits per heavy atom. The summed E-state index contributed by atoms with van der Waals surface area (Å²) in [5.74, 6) is -2.85. The number of carbonyl (C=O) groups is 3. The molecular weight excluding hydrogens is 202 g/mol. The van der Waals surface area contributed by atoms with E-state index in [-0.39, 0.29) is 12.5 Å². The highest BCUT2D eigenvalue weighted by Gasteiger charge is 2.49. The molecule has 0 aromatic carbocycles. The van der Waals surface area contributed by atoms with Gasteiger partial charge in [0.2, 0.25) is 5.91 Å². The van der Waals surface area contributed by atoms with Gasteiger partial charge in [-0.3, -0.25) is 14.4 Å². The molecule has 0 aromatic heterocycles. The Morgan fingerprint density at radius 1 is 1.40 bits per heavy atom. The smallest absolute Gasteiger partial charge is 0.325 e. The number of methoxy groups -OCH3 is 1. The summed E-state index contributed by atoms with van der Waals surface area (Å²) in [6.07, 6.45) is 0.361. The van der Waals surface area contributed by atoms with Gasteiger partial charge >= 0.3 is 11.9 Å². The molecule has 6 nitrogen and oxygen atoms in total. The molecule has 0 heterocycles. The van der Waals surface area contributed by atoms with Gasteiger partial charge in [0.25, 0.3) is 0 Å². The van der Waals surface area contributed by atoms with E-state index in [2.05, 4.69) is 4.74 Å². The van der Waals surface area contributed by atoms with Crippen molar-refractivity contribution < 1.29 is 24.2 Å². The second-order valence-electron chi connectivity index (χ2n) is 3.56. The van der Waals surface area contributed by atoms with Crippen molar-refractivity contribution in [3.63, 3.8) is 0 Å². The van der Waals surface area contributed by atoms with Crippen molar-refractivity contribution in [2.24, 2.45) is 11.8 Å². The summed E-state index contributed by atoms with van der Waals surface area (Å²) in [5, 5.41) is 8.62. The number of carboxylic acid groups (broad SMARTS) is 1. The van der Waals surface area contributed by atoms with Crippen LogP contribution in [0.25, 0.3) is 0 Å². The van der Waals surface area contributed by atoms with Gasteiger partial charge in [0.05, 0.1) is 18.9 Å². The number of hydrogen-bond acceptors (Lipinski definition) is 4. The highest BCUT2D eigenvalue weighted by Crippen LogP contribution is 2.39. The molecule has 0 aromatic rings. The van der Waals surface area contributed by atoms with Crippen LogP contribution in [0.15, 0.2) is 0 Å². The van der Waals surface area contributed by atoms with E-state index in [1.54, 1.807) is 0 Å². The van der Waals surface area contributed by atoms with Crippen molar-refractivity contribution in [2.75, 3.05) is 20.7 Å². The Balaban J connectivity index is 2.42. The molecule has 0 unspecified atom stereocenters. The maximum Gasteiger partial charge on any atom is 0.325 e. The SMILES string of the molecule is COC(=O)CN(C)C(=O)[C@@H]1C[C@@H]1C(=O)O. The standard InChI is InChI=1S/C9H13NO5/c1-10(4-7(11)15-2)8(12)5-3-6(5)9(13)14/h5-6H,3-4H2,1-2H3,(H,13,14)/t5-,6+/m1/s1. The molecule has 1 N–H and O–H groups in total. The van der Waals surface area contributed by atoms with Gasteiger partial charge in [0.15, 0.2) is 0 Å². The predicted octanol–water partition coefficient (Wildman–Crippen LogP) is -0.661. The van der Waals surface area contributed by atoms with Crippen molar-refractivity contribution in [2.45, 2.75) is 6.42 Å². The number of amides is 1. The predicted molar refractivity (Wildman–Crippen MR) is 48.9 cm³/mol. The number of aliphatic carboxylic acids is 1. The zero-order valence-electron chi connectivity index (χ0n) is 8.60. The summed E-state index contributed by atoms with van der Waals surface area (Å²) in [4.78, 5) is 34.1. The lowest BCUT2D eigenvalue weighted by Gasteiger charge is -2.14. The molecule has 1 amide bonds. The first-order valence-electron chi connectivity index (χ1n) is 4.52. The lowest BCUT2D eigenvalue weighted by Crippen LogP contribution is -2.34. The van der Waals surface area contributed by atoms with E-state index < -0.39 is 23.8 Å². The summed E-state index contributed by atoms with van der Waals surface area (Å²) in [6.45, 7) is -0.141. The largest absolute Gasteiger partial charge is 0.481 e. The molecule has 6 heteroatoms. The van der Waals surface area contributed by atoms with E-state index in [0.29, 0.717) is 6.42 Å². The third-order valence-electron chi connectivity index (χ3n) is 2.39. The molecule has 2 atom stereocenters. The molecule has 84 valence electrons. The van der Waals surface area contributed by atoms with Gasteiger partial charge in [-0.15, -0.1) is 0 Å². The summed E-state index contributed by atoms with van der Waals surface area (Å²) >= 11 is 0. The Labute approximate surface area is 86.8 Å². The Bertz CT molecular complexity index is 301. The minimum atomic E-state index is -0.959. The fourth-order valence-corrected chi connectivity index (χ4v) is 1.36. The van der Waals surface area contributed by atoms with E-state index in [1.165, 1.54) is 19.1 Å².